The number of carbonyl (C=O) groups is 1. The molecule has 2 atom stereocenters. The summed E-state index contributed by atoms with van der Waals surface area (Å²) in [5.41, 5.74) is 1.79. The van der Waals surface area contributed by atoms with Crippen molar-refractivity contribution in [2.45, 2.75) is 31.5 Å². The number of morpholine rings is 1. The predicted molar refractivity (Wildman–Crippen MR) is 75.3 cm³/mol. The van der Waals surface area contributed by atoms with Crippen LogP contribution >= 0.6 is 0 Å². The van der Waals surface area contributed by atoms with Gasteiger partial charge < -0.3 is 9.84 Å². The molecule has 2 aliphatic rings. The van der Waals surface area contributed by atoms with E-state index in [1.54, 1.807) is 0 Å². The summed E-state index contributed by atoms with van der Waals surface area (Å²) in [7, 11) is 0. The van der Waals surface area contributed by atoms with Crippen LogP contribution in [0, 0.1) is 0 Å². The van der Waals surface area contributed by atoms with Crippen molar-refractivity contribution in [2.75, 3.05) is 13.2 Å². The van der Waals surface area contributed by atoms with E-state index in [0.29, 0.717) is 25.0 Å². The van der Waals surface area contributed by atoms with Gasteiger partial charge in [0.2, 0.25) is 0 Å². The third-order valence-electron chi connectivity index (χ3n) is 4.17. The molecule has 1 saturated heterocycles. The minimum atomic E-state index is -0.0383. The Hall–Kier alpha value is -1.65. The first-order valence-electron chi connectivity index (χ1n) is 7.04. The van der Waals surface area contributed by atoms with Crippen LogP contribution in [0.4, 0.5) is 0 Å². The largest absolute Gasteiger partial charge is 0.515 e. The summed E-state index contributed by atoms with van der Waals surface area (Å²) in [4.78, 5) is 14.2. The molecular weight excluding hydrogens is 254 g/mol. The maximum atomic E-state index is 11.8. The molecular formula is C16H19NO3. The van der Waals surface area contributed by atoms with Crippen LogP contribution in [0.2, 0.25) is 0 Å². The summed E-state index contributed by atoms with van der Waals surface area (Å²) in [6, 6.07) is 10.5. The average Bonchev–Trinajstić information content (AvgIpc) is 2.48. The quantitative estimate of drug-likeness (QED) is 0.662. The standard InChI is InChI=1S/C16H19NO3/c18-11-13-8-14-16(9-15(13)19)20-7-6-17(14)10-12-4-2-1-3-5-12/h1-5,11,14,16,18H,6-10H2/b13-11-. The maximum absolute atomic E-state index is 11.8. The number of hydrogen-bond acceptors (Lipinski definition) is 4. The van der Waals surface area contributed by atoms with Crippen LogP contribution in [0.5, 0.6) is 0 Å². The van der Waals surface area contributed by atoms with Gasteiger partial charge in [-0.2, -0.15) is 0 Å². The normalized spacial score (nSPS) is 29.4. The van der Waals surface area contributed by atoms with Gasteiger partial charge in [0.25, 0.3) is 0 Å². The number of ketones is 1. The Balaban J connectivity index is 1.76. The molecule has 0 amide bonds. The fourth-order valence-electron chi connectivity index (χ4n) is 3.08. The fraction of sp³-hybridized carbons (Fsp3) is 0.438. The van der Waals surface area contributed by atoms with E-state index in [2.05, 4.69) is 17.0 Å². The second-order valence-corrected chi connectivity index (χ2v) is 5.42. The fourth-order valence-corrected chi connectivity index (χ4v) is 3.08. The van der Waals surface area contributed by atoms with Gasteiger partial charge in [-0.25, -0.2) is 0 Å². The number of ether oxygens (including phenoxy) is 1. The predicted octanol–water partition coefficient (Wildman–Crippen LogP) is 2.06. The molecule has 2 fully saturated rings. The average molecular weight is 273 g/mol. The van der Waals surface area contributed by atoms with Gasteiger partial charge in [0.1, 0.15) is 0 Å². The smallest absolute Gasteiger partial charge is 0.164 e. The van der Waals surface area contributed by atoms with Crippen molar-refractivity contribution in [1.29, 1.82) is 0 Å². The molecule has 2 unspecified atom stereocenters. The highest BCUT2D eigenvalue weighted by Gasteiger charge is 2.39. The molecule has 1 aliphatic carbocycles. The molecule has 1 heterocycles. The Labute approximate surface area is 118 Å². The molecule has 20 heavy (non-hydrogen) atoms. The summed E-state index contributed by atoms with van der Waals surface area (Å²) < 4.78 is 5.74. The minimum Gasteiger partial charge on any atom is -0.515 e. The number of hydrogen-bond donors (Lipinski definition) is 1. The van der Waals surface area contributed by atoms with Gasteiger partial charge in [0.05, 0.1) is 19.0 Å². The SMILES string of the molecule is O=C1CC2OCCN(Cc3ccccc3)C2C/C1=C/O. The highest BCUT2D eigenvalue weighted by atomic mass is 16.5. The van der Waals surface area contributed by atoms with Crippen LogP contribution in [0.25, 0.3) is 0 Å². The zero-order chi connectivity index (χ0) is 13.9. The van der Waals surface area contributed by atoms with E-state index in [1.807, 2.05) is 18.2 Å². The number of benzene rings is 1. The van der Waals surface area contributed by atoms with Crippen molar-refractivity contribution in [3.05, 3.63) is 47.7 Å². The van der Waals surface area contributed by atoms with E-state index in [-0.39, 0.29) is 17.9 Å². The monoisotopic (exact) mass is 273 g/mol. The molecule has 4 nitrogen and oxygen atoms in total. The zero-order valence-electron chi connectivity index (χ0n) is 11.4. The first kappa shape index (κ1) is 13.3. The van der Waals surface area contributed by atoms with Crippen molar-refractivity contribution in [2.24, 2.45) is 0 Å². The topological polar surface area (TPSA) is 49.8 Å². The number of rotatable bonds is 2. The van der Waals surface area contributed by atoms with E-state index in [0.717, 1.165) is 19.4 Å². The van der Waals surface area contributed by atoms with Gasteiger partial charge in [0, 0.05) is 31.1 Å². The molecule has 0 radical (unpaired) electrons. The summed E-state index contributed by atoms with van der Waals surface area (Å²) in [6.45, 7) is 2.39. The Morgan fingerprint density at radius 2 is 2.10 bits per heavy atom. The molecule has 1 aliphatic heterocycles. The highest BCUT2D eigenvalue weighted by molar-refractivity contribution is 5.96. The first-order chi connectivity index (χ1) is 9.78. The lowest BCUT2D eigenvalue weighted by molar-refractivity contribution is -0.130. The van der Waals surface area contributed by atoms with Crippen molar-refractivity contribution in [3.63, 3.8) is 0 Å². The summed E-state index contributed by atoms with van der Waals surface area (Å²) in [5.74, 6) is 0.00955. The van der Waals surface area contributed by atoms with Gasteiger partial charge >= 0.3 is 0 Å². The molecule has 0 aromatic heterocycles. The number of carbonyl (C=O) groups excluding carboxylic acids is 1. The van der Waals surface area contributed by atoms with Gasteiger partial charge in [0.15, 0.2) is 5.78 Å². The van der Waals surface area contributed by atoms with Crippen LogP contribution in [0.15, 0.2) is 42.2 Å². The zero-order valence-corrected chi connectivity index (χ0v) is 11.4. The Kier molecular flexibility index (Phi) is 3.85. The van der Waals surface area contributed by atoms with E-state index in [4.69, 9.17) is 4.74 Å². The lowest BCUT2D eigenvalue weighted by Gasteiger charge is -2.43. The molecule has 4 heteroatoms. The van der Waals surface area contributed by atoms with Gasteiger partial charge in [-0.05, 0) is 12.0 Å². The number of fused-ring (bicyclic) bond motifs is 1. The van der Waals surface area contributed by atoms with Crippen LogP contribution in [0.1, 0.15) is 18.4 Å². The second-order valence-electron chi connectivity index (χ2n) is 5.42. The Morgan fingerprint density at radius 3 is 2.85 bits per heavy atom. The van der Waals surface area contributed by atoms with Gasteiger partial charge in [-0.1, -0.05) is 30.3 Å². The van der Waals surface area contributed by atoms with E-state index >= 15 is 0 Å². The van der Waals surface area contributed by atoms with Crippen LogP contribution in [-0.2, 0) is 16.1 Å². The van der Waals surface area contributed by atoms with Crippen LogP contribution in [0.3, 0.4) is 0 Å². The third-order valence-corrected chi connectivity index (χ3v) is 4.17. The molecule has 1 saturated carbocycles. The highest BCUT2D eigenvalue weighted by Crippen LogP contribution is 2.30. The summed E-state index contributed by atoms with van der Waals surface area (Å²) >= 11 is 0. The van der Waals surface area contributed by atoms with E-state index in [1.165, 1.54) is 5.56 Å². The maximum Gasteiger partial charge on any atom is 0.164 e. The van der Waals surface area contributed by atoms with Crippen LogP contribution < -0.4 is 0 Å². The molecule has 106 valence electrons. The van der Waals surface area contributed by atoms with E-state index in [9.17, 15) is 9.90 Å². The first-order valence-corrected chi connectivity index (χ1v) is 7.04. The van der Waals surface area contributed by atoms with Gasteiger partial charge in [-0.15, -0.1) is 0 Å². The minimum absolute atomic E-state index is 0.00955. The molecule has 3 rings (SSSR count). The summed E-state index contributed by atoms with van der Waals surface area (Å²) in [5, 5.41) is 9.19. The molecule has 1 N–H and O–H groups in total. The number of nitrogens with zero attached hydrogens (tertiary/aromatic N) is 1. The van der Waals surface area contributed by atoms with Gasteiger partial charge in [-0.3, -0.25) is 9.69 Å². The third kappa shape index (κ3) is 2.62. The number of aliphatic hydroxyl groups excluding tert-OH is 1. The molecule has 0 spiro atoms. The second kappa shape index (κ2) is 5.77. The molecule has 1 aromatic carbocycles. The van der Waals surface area contributed by atoms with Crippen molar-refractivity contribution in [3.8, 4) is 0 Å². The summed E-state index contributed by atoms with van der Waals surface area (Å²) in [6.07, 6.45) is 1.88. The van der Waals surface area contributed by atoms with E-state index < -0.39 is 0 Å². The molecule has 1 aromatic rings. The van der Waals surface area contributed by atoms with Crippen molar-refractivity contribution >= 4 is 5.78 Å². The molecule has 0 bridgehead atoms. The van der Waals surface area contributed by atoms with Crippen molar-refractivity contribution in [1.82, 2.24) is 4.90 Å². The lowest BCUT2D eigenvalue weighted by atomic mass is 9.85. The number of aliphatic hydroxyl groups is 1. The Bertz CT molecular complexity index is 512. The van der Waals surface area contributed by atoms with Crippen LogP contribution in [-0.4, -0.2) is 41.1 Å². The van der Waals surface area contributed by atoms with Crippen molar-refractivity contribution < 1.29 is 14.6 Å². The Morgan fingerprint density at radius 1 is 1.30 bits per heavy atom. The lowest BCUT2D eigenvalue weighted by Crippen LogP contribution is -2.54. The number of Topliss-reactive ketones (excluding diaryl/α,β-unsaturated/α-hetero) is 1.